The molecule has 0 bridgehead atoms. The third-order valence-corrected chi connectivity index (χ3v) is 0.398. The smallest absolute Gasteiger partial charge is 0.122 e. The van der Waals surface area contributed by atoms with Gasteiger partial charge in [0, 0.05) is 6.42 Å². The Morgan fingerprint density at radius 2 is 2.38 bits per heavy atom. The predicted molar refractivity (Wildman–Crippen MR) is 21.4 cm³/mol. The Kier molecular flexibility index (Phi) is 6.11. The molecule has 0 heterocycles. The first-order valence-corrected chi connectivity index (χ1v) is 1.95. The van der Waals surface area contributed by atoms with E-state index < -0.39 is 0 Å². The van der Waals surface area contributed by atoms with Gasteiger partial charge in [0.1, 0.15) is 6.29 Å². The maximum Gasteiger partial charge on any atom is 0.122 e. The van der Waals surface area contributed by atoms with Crippen LogP contribution in [0.3, 0.4) is 0 Å². The van der Waals surface area contributed by atoms with Crippen LogP contribution in [-0.2, 0) is 19.8 Å². The van der Waals surface area contributed by atoms with Crippen molar-refractivity contribution in [3.63, 3.8) is 0 Å². The molecule has 0 amide bonds. The fourth-order valence-corrected chi connectivity index (χ4v) is 0.152. The summed E-state index contributed by atoms with van der Waals surface area (Å²) in [7, 11) is 0. The lowest BCUT2D eigenvalue weighted by atomic mass is 10.5. The van der Waals surface area contributed by atoms with Crippen molar-refractivity contribution in [3.05, 3.63) is 0 Å². The standard InChI is InChI=1S/C3H6O5/c4-2-1-3-6-8-7-5/h2,5H,1,3H2. The quantitative estimate of drug-likeness (QED) is 0.239. The minimum absolute atomic E-state index is 0.0735. The highest BCUT2D eigenvalue weighted by molar-refractivity contribution is 5.49. The first-order chi connectivity index (χ1) is 3.91. The Morgan fingerprint density at radius 3 is 2.88 bits per heavy atom. The minimum Gasteiger partial charge on any atom is -0.303 e. The van der Waals surface area contributed by atoms with Crippen molar-refractivity contribution in [1.29, 1.82) is 0 Å². The Morgan fingerprint density at radius 1 is 1.62 bits per heavy atom. The minimum atomic E-state index is 0.0735. The van der Waals surface area contributed by atoms with Crippen LogP contribution in [-0.4, -0.2) is 18.2 Å². The van der Waals surface area contributed by atoms with Crippen LogP contribution in [0.2, 0.25) is 0 Å². The van der Waals surface area contributed by atoms with Gasteiger partial charge in [0.05, 0.1) is 6.61 Å². The highest BCUT2D eigenvalue weighted by atomic mass is 17.6. The molecule has 0 saturated carbocycles. The molecule has 0 aliphatic heterocycles. The summed E-state index contributed by atoms with van der Waals surface area (Å²) >= 11 is 0. The van der Waals surface area contributed by atoms with E-state index in [0.717, 1.165) is 0 Å². The summed E-state index contributed by atoms with van der Waals surface area (Å²) in [6.07, 6.45) is 0.865. The van der Waals surface area contributed by atoms with E-state index in [1.807, 2.05) is 0 Å². The zero-order chi connectivity index (χ0) is 6.24. The van der Waals surface area contributed by atoms with Crippen molar-refractivity contribution in [1.82, 2.24) is 0 Å². The van der Waals surface area contributed by atoms with E-state index in [4.69, 9.17) is 5.26 Å². The maximum atomic E-state index is 9.53. The molecule has 0 unspecified atom stereocenters. The topological polar surface area (TPSA) is 65.0 Å². The van der Waals surface area contributed by atoms with Crippen molar-refractivity contribution in [2.24, 2.45) is 0 Å². The van der Waals surface area contributed by atoms with Gasteiger partial charge >= 0.3 is 0 Å². The summed E-state index contributed by atoms with van der Waals surface area (Å²) in [4.78, 5) is 13.5. The van der Waals surface area contributed by atoms with Crippen LogP contribution in [0, 0.1) is 0 Å². The van der Waals surface area contributed by atoms with Crippen LogP contribution >= 0.6 is 0 Å². The van der Waals surface area contributed by atoms with Gasteiger partial charge in [0.25, 0.3) is 0 Å². The number of carbonyl (C=O) groups excluding carboxylic acids is 1. The van der Waals surface area contributed by atoms with Gasteiger partial charge in [0.2, 0.25) is 0 Å². The van der Waals surface area contributed by atoms with Crippen LogP contribution in [0.25, 0.3) is 0 Å². The van der Waals surface area contributed by atoms with Crippen molar-refractivity contribution < 1.29 is 25.0 Å². The van der Waals surface area contributed by atoms with Crippen LogP contribution in [0.5, 0.6) is 0 Å². The summed E-state index contributed by atoms with van der Waals surface area (Å²) in [6, 6.07) is 0. The Bertz CT molecular complexity index is 53.6. The molecular weight excluding hydrogens is 116 g/mol. The SMILES string of the molecule is O=CCCOOOO. The fraction of sp³-hybridized carbons (Fsp3) is 0.667. The number of hydrogen-bond acceptors (Lipinski definition) is 5. The molecule has 0 radical (unpaired) electrons. The van der Waals surface area contributed by atoms with Crippen molar-refractivity contribution in [2.45, 2.75) is 6.42 Å². The molecule has 0 atom stereocenters. The van der Waals surface area contributed by atoms with Crippen molar-refractivity contribution in [3.8, 4) is 0 Å². The molecule has 5 nitrogen and oxygen atoms in total. The molecule has 0 saturated heterocycles. The molecule has 0 aliphatic rings. The third-order valence-electron chi connectivity index (χ3n) is 0.398. The number of hydrogen-bond donors (Lipinski definition) is 1. The van der Waals surface area contributed by atoms with Gasteiger partial charge in [-0.3, -0.25) is 0 Å². The van der Waals surface area contributed by atoms with E-state index in [2.05, 4.69) is 15.0 Å². The third kappa shape index (κ3) is 5.51. The van der Waals surface area contributed by atoms with Crippen LogP contribution in [0.4, 0.5) is 0 Å². The molecule has 1 N–H and O–H groups in total. The lowest BCUT2D eigenvalue weighted by molar-refractivity contribution is -0.623. The lowest BCUT2D eigenvalue weighted by Crippen LogP contribution is -1.95. The average molecular weight is 122 g/mol. The van der Waals surface area contributed by atoms with Gasteiger partial charge in [0.15, 0.2) is 0 Å². The predicted octanol–water partition coefficient (Wildman–Crippen LogP) is -0.0718. The molecule has 0 rings (SSSR count). The Balaban J connectivity index is 2.62. The normalized spacial score (nSPS) is 9.12. The zero-order valence-electron chi connectivity index (χ0n) is 4.07. The second-order valence-corrected chi connectivity index (χ2v) is 0.920. The largest absolute Gasteiger partial charge is 0.303 e. The number of aldehydes is 1. The molecule has 0 aromatic heterocycles. The molecule has 48 valence electrons. The second kappa shape index (κ2) is 6.51. The molecule has 0 aromatic rings. The molecule has 0 fully saturated rings. The van der Waals surface area contributed by atoms with Crippen LogP contribution in [0.15, 0.2) is 0 Å². The maximum absolute atomic E-state index is 9.53. The lowest BCUT2D eigenvalue weighted by Gasteiger charge is -1.91. The van der Waals surface area contributed by atoms with E-state index in [-0.39, 0.29) is 13.0 Å². The van der Waals surface area contributed by atoms with Gasteiger partial charge < -0.3 is 4.79 Å². The first-order valence-electron chi connectivity index (χ1n) is 1.95. The van der Waals surface area contributed by atoms with Gasteiger partial charge in [-0.15, -0.1) is 0 Å². The monoisotopic (exact) mass is 122 g/mol. The zero-order valence-corrected chi connectivity index (χ0v) is 4.07. The van der Waals surface area contributed by atoms with E-state index in [9.17, 15) is 4.79 Å². The summed E-state index contributed by atoms with van der Waals surface area (Å²) < 4.78 is 0. The molecule has 0 aliphatic carbocycles. The average Bonchev–Trinajstić information content (AvgIpc) is 1.81. The molecular formula is C3H6O5. The van der Waals surface area contributed by atoms with Gasteiger partial charge in [-0.1, -0.05) is 0 Å². The Hall–Kier alpha value is -0.490. The van der Waals surface area contributed by atoms with Gasteiger partial charge in [-0.25, -0.2) is 10.1 Å². The fourth-order valence-electron chi connectivity index (χ4n) is 0.152. The summed E-state index contributed by atoms with van der Waals surface area (Å²) in [5.74, 6) is 0. The number of carbonyl (C=O) groups is 1. The van der Waals surface area contributed by atoms with Crippen molar-refractivity contribution in [2.75, 3.05) is 6.61 Å². The van der Waals surface area contributed by atoms with Gasteiger partial charge in [-0.2, -0.15) is 0 Å². The molecule has 0 aromatic carbocycles. The van der Waals surface area contributed by atoms with Crippen LogP contribution < -0.4 is 0 Å². The Labute approximate surface area is 45.6 Å². The van der Waals surface area contributed by atoms with E-state index in [1.54, 1.807) is 0 Å². The van der Waals surface area contributed by atoms with E-state index >= 15 is 0 Å². The highest BCUT2D eigenvalue weighted by Gasteiger charge is 1.84. The highest BCUT2D eigenvalue weighted by Crippen LogP contribution is 1.78. The summed E-state index contributed by atoms with van der Waals surface area (Å²) in [5, 5.41) is 14.0. The number of rotatable bonds is 5. The summed E-state index contributed by atoms with van der Waals surface area (Å²) in [6.45, 7) is 0.0735. The molecule has 5 heteroatoms. The van der Waals surface area contributed by atoms with E-state index in [0.29, 0.717) is 6.29 Å². The summed E-state index contributed by atoms with van der Waals surface area (Å²) in [5.41, 5.74) is 0. The van der Waals surface area contributed by atoms with Crippen molar-refractivity contribution >= 4 is 6.29 Å². The van der Waals surface area contributed by atoms with Gasteiger partial charge in [-0.05, 0) is 10.1 Å². The first kappa shape index (κ1) is 7.51. The second-order valence-electron chi connectivity index (χ2n) is 0.920. The molecule has 0 spiro atoms. The van der Waals surface area contributed by atoms with Crippen LogP contribution in [0.1, 0.15) is 6.42 Å². The molecule has 8 heavy (non-hydrogen) atoms. The van der Waals surface area contributed by atoms with E-state index in [1.165, 1.54) is 0 Å².